The van der Waals surface area contributed by atoms with Gasteiger partial charge in [-0.05, 0) is 31.2 Å². The first-order chi connectivity index (χ1) is 11.0. The Kier molecular flexibility index (Phi) is 5.23. The van der Waals surface area contributed by atoms with Crippen molar-refractivity contribution in [3.05, 3.63) is 59.6 Å². The summed E-state index contributed by atoms with van der Waals surface area (Å²) in [5.41, 5.74) is 1.90. The van der Waals surface area contributed by atoms with Gasteiger partial charge in [0.2, 0.25) is 0 Å². The molecule has 0 aliphatic carbocycles. The lowest BCUT2D eigenvalue weighted by atomic mass is 10.1. The second-order valence-electron chi connectivity index (χ2n) is 4.93. The predicted molar refractivity (Wildman–Crippen MR) is 84.5 cm³/mol. The van der Waals surface area contributed by atoms with Gasteiger partial charge in [-0.1, -0.05) is 0 Å². The number of benzene rings is 1. The second-order valence-corrected chi connectivity index (χ2v) is 4.93. The first kappa shape index (κ1) is 16.4. The van der Waals surface area contributed by atoms with Crippen LogP contribution in [0.5, 0.6) is 0 Å². The summed E-state index contributed by atoms with van der Waals surface area (Å²) in [5.74, 6) is -0.433. The van der Waals surface area contributed by atoms with E-state index in [0.29, 0.717) is 29.2 Å². The van der Waals surface area contributed by atoms with Crippen molar-refractivity contribution in [3.63, 3.8) is 0 Å². The molecule has 1 heterocycles. The Morgan fingerprint density at radius 1 is 1.61 bits per heavy atom. The Morgan fingerprint density at radius 3 is 3.00 bits per heavy atom. The van der Waals surface area contributed by atoms with E-state index in [9.17, 15) is 9.50 Å². The van der Waals surface area contributed by atoms with Gasteiger partial charge in [-0.3, -0.25) is 0 Å². The van der Waals surface area contributed by atoms with Crippen LogP contribution in [0.4, 0.5) is 10.1 Å². The van der Waals surface area contributed by atoms with Crippen LogP contribution in [0.3, 0.4) is 0 Å². The fourth-order valence-electron chi connectivity index (χ4n) is 2.10. The Labute approximate surface area is 133 Å². The number of hydrogen-bond donors (Lipinski definition) is 3. The summed E-state index contributed by atoms with van der Waals surface area (Å²) >= 11 is 0. The maximum atomic E-state index is 13.3. The van der Waals surface area contributed by atoms with Gasteiger partial charge in [0.15, 0.2) is 5.69 Å². The molecule has 1 aromatic heterocycles. The number of aliphatic hydroxyl groups is 1. The average molecular weight is 313 g/mol. The summed E-state index contributed by atoms with van der Waals surface area (Å²) in [6.07, 6.45) is 4.92. The highest BCUT2D eigenvalue weighted by Crippen LogP contribution is 2.25. The van der Waals surface area contributed by atoms with Gasteiger partial charge in [0.1, 0.15) is 11.9 Å². The lowest BCUT2D eigenvalue weighted by Crippen LogP contribution is -2.10. The number of allylic oxidation sites excluding steroid dienone is 2. The summed E-state index contributed by atoms with van der Waals surface area (Å²) in [4.78, 5) is 3.91. The van der Waals surface area contributed by atoms with Crippen LogP contribution in [-0.2, 0) is 6.54 Å². The second kappa shape index (κ2) is 7.33. The summed E-state index contributed by atoms with van der Waals surface area (Å²) in [7, 11) is 0. The van der Waals surface area contributed by atoms with Gasteiger partial charge >= 0.3 is 0 Å². The quantitative estimate of drug-likeness (QED) is 0.714. The van der Waals surface area contributed by atoms with E-state index in [1.165, 1.54) is 24.5 Å². The van der Waals surface area contributed by atoms with Crippen molar-refractivity contribution >= 4 is 11.9 Å². The van der Waals surface area contributed by atoms with Gasteiger partial charge in [0.05, 0.1) is 19.0 Å². The standard InChI is InChI=1S/C16H16FN5O/c1-11(23)15-6-12(17)2-3-16(15)21-13(4-5-18)8-22-9-14(7-19)20-10-22/h2-6,9-11,18,21,23H,8H2,1H3/b13-4-,18-5?. The molecule has 0 radical (unpaired) electrons. The van der Waals surface area contributed by atoms with Gasteiger partial charge in [-0.25, -0.2) is 9.37 Å². The number of hydrogen-bond acceptors (Lipinski definition) is 5. The molecule has 0 saturated carbocycles. The largest absolute Gasteiger partial charge is 0.389 e. The highest BCUT2D eigenvalue weighted by atomic mass is 19.1. The van der Waals surface area contributed by atoms with E-state index < -0.39 is 11.9 Å². The number of aromatic nitrogens is 2. The molecular formula is C16H16FN5O. The van der Waals surface area contributed by atoms with E-state index in [1.807, 2.05) is 6.07 Å². The zero-order valence-electron chi connectivity index (χ0n) is 12.5. The Balaban J connectivity index is 2.25. The number of halogens is 1. The van der Waals surface area contributed by atoms with E-state index in [-0.39, 0.29) is 0 Å². The molecule has 7 heteroatoms. The van der Waals surface area contributed by atoms with Crippen molar-refractivity contribution in [1.29, 1.82) is 10.7 Å². The molecule has 0 fully saturated rings. The van der Waals surface area contributed by atoms with Gasteiger partial charge < -0.3 is 20.4 Å². The highest BCUT2D eigenvalue weighted by Gasteiger charge is 2.11. The monoisotopic (exact) mass is 313 g/mol. The third-order valence-corrected chi connectivity index (χ3v) is 3.14. The molecule has 6 nitrogen and oxygen atoms in total. The van der Waals surface area contributed by atoms with Crippen LogP contribution >= 0.6 is 0 Å². The van der Waals surface area contributed by atoms with Gasteiger partial charge in [-0.15, -0.1) is 0 Å². The third kappa shape index (κ3) is 4.25. The topological polar surface area (TPSA) is 97.7 Å². The minimum absolute atomic E-state index is 0.297. The fourth-order valence-corrected chi connectivity index (χ4v) is 2.10. The van der Waals surface area contributed by atoms with E-state index in [1.54, 1.807) is 23.8 Å². The van der Waals surface area contributed by atoms with Gasteiger partial charge in [-0.2, -0.15) is 5.26 Å². The Morgan fingerprint density at radius 2 is 2.39 bits per heavy atom. The first-order valence-corrected chi connectivity index (χ1v) is 6.89. The molecule has 1 atom stereocenters. The number of nitrogens with zero attached hydrogens (tertiary/aromatic N) is 3. The normalized spacial score (nSPS) is 12.5. The molecule has 23 heavy (non-hydrogen) atoms. The average Bonchev–Trinajstić information content (AvgIpc) is 2.96. The third-order valence-electron chi connectivity index (χ3n) is 3.14. The molecule has 0 aliphatic heterocycles. The Bertz CT molecular complexity index is 773. The zero-order chi connectivity index (χ0) is 16.8. The van der Waals surface area contributed by atoms with Crippen molar-refractivity contribution < 1.29 is 9.50 Å². The number of aliphatic hydroxyl groups excluding tert-OH is 1. The van der Waals surface area contributed by atoms with Crippen molar-refractivity contribution in [2.75, 3.05) is 5.32 Å². The molecule has 0 amide bonds. The predicted octanol–water partition coefficient (Wildman–Crippen LogP) is 2.59. The SMILES string of the molecule is CC(O)c1cc(F)ccc1N/C(=C\C=N)Cn1cnc(C#N)c1. The summed E-state index contributed by atoms with van der Waals surface area (Å²) in [6, 6.07) is 6.03. The van der Waals surface area contributed by atoms with E-state index in [2.05, 4.69) is 10.3 Å². The minimum Gasteiger partial charge on any atom is -0.389 e. The molecule has 0 aliphatic rings. The molecule has 2 aromatic rings. The van der Waals surface area contributed by atoms with Crippen LogP contribution in [0.25, 0.3) is 0 Å². The molecular weight excluding hydrogens is 297 g/mol. The van der Waals surface area contributed by atoms with Crippen LogP contribution < -0.4 is 5.32 Å². The molecule has 2 rings (SSSR count). The van der Waals surface area contributed by atoms with Crippen LogP contribution in [0.2, 0.25) is 0 Å². The number of nitriles is 1. The van der Waals surface area contributed by atoms with E-state index in [4.69, 9.17) is 10.7 Å². The molecule has 0 saturated heterocycles. The molecule has 0 bridgehead atoms. The van der Waals surface area contributed by atoms with Crippen LogP contribution in [0, 0.1) is 22.6 Å². The van der Waals surface area contributed by atoms with Crippen molar-refractivity contribution in [2.24, 2.45) is 0 Å². The smallest absolute Gasteiger partial charge is 0.158 e. The molecule has 1 unspecified atom stereocenters. The maximum Gasteiger partial charge on any atom is 0.158 e. The zero-order valence-corrected chi connectivity index (χ0v) is 12.5. The summed E-state index contributed by atoms with van der Waals surface area (Å²) in [5, 5.41) is 28.9. The molecule has 3 N–H and O–H groups in total. The first-order valence-electron chi connectivity index (χ1n) is 6.89. The van der Waals surface area contributed by atoms with E-state index in [0.717, 1.165) is 6.21 Å². The van der Waals surface area contributed by atoms with E-state index >= 15 is 0 Å². The van der Waals surface area contributed by atoms with Gasteiger partial charge in [0, 0.05) is 29.4 Å². The summed E-state index contributed by atoms with van der Waals surface area (Å²) < 4.78 is 15.0. The number of rotatable bonds is 6. The summed E-state index contributed by atoms with van der Waals surface area (Å²) in [6.45, 7) is 1.90. The van der Waals surface area contributed by atoms with Crippen molar-refractivity contribution in [2.45, 2.75) is 19.6 Å². The van der Waals surface area contributed by atoms with Crippen LogP contribution in [0.1, 0.15) is 24.3 Å². The lowest BCUT2D eigenvalue weighted by Gasteiger charge is -2.16. The number of anilines is 1. The lowest BCUT2D eigenvalue weighted by molar-refractivity contribution is 0.199. The molecule has 1 aromatic carbocycles. The van der Waals surface area contributed by atoms with Crippen LogP contribution in [-0.4, -0.2) is 20.9 Å². The van der Waals surface area contributed by atoms with Crippen molar-refractivity contribution in [3.8, 4) is 6.07 Å². The van der Waals surface area contributed by atoms with Gasteiger partial charge in [0.25, 0.3) is 0 Å². The minimum atomic E-state index is -0.840. The maximum absolute atomic E-state index is 13.3. The molecule has 118 valence electrons. The number of imidazole rings is 1. The molecule has 0 spiro atoms. The van der Waals surface area contributed by atoms with Crippen molar-refractivity contribution in [1.82, 2.24) is 9.55 Å². The Hall–Kier alpha value is -2.98. The fraction of sp³-hybridized carbons (Fsp3) is 0.188. The highest BCUT2D eigenvalue weighted by molar-refractivity contribution is 5.71. The van der Waals surface area contributed by atoms with Crippen LogP contribution in [0.15, 0.2) is 42.5 Å². The number of nitrogens with one attached hydrogen (secondary N) is 2.